The second kappa shape index (κ2) is 9.85. The molecule has 4 aromatic rings. The molecule has 2 N–H and O–H groups in total. The first kappa shape index (κ1) is 22.4. The van der Waals surface area contributed by atoms with Crippen LogP contribution in [0.1, 0.15) is 60.1 Å². The van der Waals surface area contributed by atoms with Gasteiger partial charge in [0.25, 0.3) is 5.91 Å². The molecule has 0 atom stereocenters. The average Bonchev–Trinajstić information content (AvgIpc) is 3.51. The molecular weight excluding hydrogens is 452 g/mol. The van der Waals surface area contributed by atoms with Crippen molar-refractivity contribution < 1.29 is 9.21 Å². The van der Waals surface area contributed by atoms with E-state index in [0.717, 1.165) is 46.9 Å². The Bertz CT molecular complexity index is 1290. The fraction of sp³-hybridized carbons (Fsp3) is 0.360. The van der Waals surface area contributed by atoms with Crippen LogP contribution in [0.3, 0.4) is 0 Å². The molecule has 0 saturated heterocycles. The summed E-state index contributed by atoms with van der Waals surface area (Å²) < 4.78 is 6.99. The predicted octanol–water partition coefficient (Wildman–Crippen LogP) is 5.26. The van der Waals surface area contributed by atoms with Crippen molar-refractivity contribution in [2.24, 2.45) is 0 Å². The fourth-order valence-electron chi connectivity index (χ4n) is 4.51. The third-order valence-electron chi connectivity index (χ3n) is 6.19. The molecule has 1 aliphatic carbocycles. The van der Waals surface area contributed by atoms with Crippen LogP contribution in [-0.4, -0.2) is 38.7 Å². The summed E-state index contributed by atoms with van der Waals surface area (Å²) in [5.74, 6) is 1.97. The van der Waals surface area contributed by atoms with Gasteiger partial charge in [0.05, 0.1) is 23.0 Å². The molecule has 3 heterocycles. The van der Waals surface area contributed by atoms with Crippen LogP contribution in [0.4, 0.5) is 5.82 Å². The number of aryl methyl sites for hydroxylation is 1. The first-order chi connectivity index (χ1) is 16.6. The van der Waals surface area contributed by atoms with Crippen molar-refractivity contribution in [2.75, 3.05) is 18.4 Å². The van der Waals surface area contributed by atoms with Crippen molar-refractivity contribution in [3.63, 3.8) is 0 Å². The Morgan fingerprint density at radius 1 is 1.15 bits per heavy atom. The number of furan rings is 1. The van der Waals surface area contributed by atoms with Gasteiger partial charge in [0.2, 0.25) is 0 Å². The minimum atomic E-state index is -0.243. The van der Waals surface area contributed by atoms with Crippen molar-refractivity contribution in [3.8, 4) is 5.69 Å². The van der Waals surface area contributed by atoms with Gasteiger partial charge >= 0.3 is 0 Å². The molecule has 0 bridgehead atoms. The second-order valence-electron chi connectivity index (χ2n) is 8.60. The molecule has 8 nitrogen and oxygen atoms in total. The van der Waals surface area contributed by atoms with E-state index in [2.05, 4.69) is 10.6 Å². The summed E-state index contributed by atoms with van der Waals surface area (Å²) in [4.78, 5) is 22.1. The highest BCUT2D eigenvalue weighted by atomic mass is 35.5. The summed E-state index contributed by atoms with van der Waals surface area (Å²) in [5, 5.41) is 12.6. The third-order valence-corrected chi connectivity index (χ3v) is 6.43. The average molecular weight is 479 g/mol. The lowest BCUT2D eigenvalue weighted by molar-refractivity contribution is 0.0927. The van der Waals surface area contributed by atoms with Crippen molar-refractivity contribution in [1.29, 1.82) is 0 Å². The number of carbonyl (C=O) groups is 1. The van der Waals surface area contributed by atoms with E-state index in [9.17, 15) is 4.79 Å². The fourth-order valence-corrected chi connectivity index (χ4v) is 4.70. The van der Waals surface area contributed by atoms with E-state index in [4.69, 9.17) is 31.1 Å². The van der Waals surface area contributed by atoms with Crippen LogP contribution >= 0.6 is 11.6 Å². The topological polar surface area (TPSA) is 97.9 Å². The van der Waals surface area contributed by atoms with Crippen molar-refractivity contribution in [2.45, 2.75) is 44.9 Å². The lowest BCUT2D eigenvalue weighted by Crippen LogP contribution is -2.28. The Balaban J connectivity index is 1.46. The zero-order valence-corrected chi connectivity index (χ0v) is 19.8. The van der Waals surface area contributed by atoms with Gasteiger partial charge in [-0.15, -0.1) is 0 Å². The number of carbonyl (C=O) groups excluding carboxylic acids is 1. The SMILES string of the molecule is Cc1nn(-c2cccc(Cl)c2)c2nc(C3CCCCC3)nc(NCCNC(=O)c3ccco3)c12. The van der Waals surface area contributed by atoms with Crippen molar-refractivity contribution in [3.05, 3.63) is 65.0 Å². The molecule has 0 radical (unpaired) electrons. The standard InChI is InChI=1S/C25H27ClN6O2/c1-16-21-23(27-12-13-28-25(33)20-11-6-14-34-20)29-22(17-7-3-2-4-8-17)30-24(21)32(31-16)19-10-5-9-18(26)15-19/h5-6,9-11,14-15,17H,2-4,7-8,12-13H2,1H3,(H,28,33)(H,27,29,30). The number of amides is 1. The molecule has 1 saturated carbocycles. The molecular formula is C25H27ClN6O2. The van der Waals surface area contributed by atoms with Crippen LogP contribution in [0, 0.1) is 6.92 Å². The van der Waals surface area contributed by atoms with E-state index in [-0.39, 0.29) is 5.91 Å². The van der Waals surface area contributed by atoms with Crippen molar-refractivity contribution >= 4 is 34.4 Å². The van der Waals surface area contributed by atoms with Gasteiger partial charge in [-0.1, -0.05) is 36.9 Å². The van der Waals surface area contributed by atoms with Crippen LogP contribution in [0.15, 0.2) is 47.1 Å². The van der Waals surface area contributed by atoms with Crippen LogP contribution < -0.4 is 10.6 Å². The van der Waals surface area contributed by atoms with Crippen LogP contribution in [0.5, 0.6) is 0 Å². The van der Waals surface area contributed by atoms with Crippen LogP contribution in [0.2, 0.25) is 5.02 Å². The molecule has 34 heavy (non-hydrogen) atoms. The molecule has 176 valence electrons. The molecule has 0 aliphatic heterocycles. The zero-order chi connectivity index (χ0) is 23.5. The highest BCUT2D eigenvalue weighted by Crippen LogP contribution is 2.34. The third kappa shape index (κ3) is 4.63. The molecule has 3 aromatic heterocycles. The lowest BCUT2D eigenvalue weighted by atomic mass is 9.88. The Morgan fingerprint density at radius 3 is 2.76 bits per heavy atom. The van der Waals surface area contributed by atoms with E-state index in [0.29, 0.717) is 29.8 Å². The van der Waals surface area contributed by atoms with E-state index >= 15 is 0 Å². The van der Waals surface area contributed by atoms with Gasteiger partial charge in [-0.25, -0.2) is 14.6 Å². The summed E-state index contributed by atoms with van der Waals surface area (Å²) in [6.45, 7) is 2.88. The number of hydrogen-bond acceptors (Lipinski definition) is 6. The van der Waals surface area contributed by atoms with Gasteiger partial charge in [-0.2, -0.15) is 5.10 Å². The monoisotopic (exact) mass is 478 g/mol. The molecule has 1 aliphatic rings. The van der Waals surface area contributed by atoms with Gasteiger partial charge in [0, 0.05) is 24.0 Å². The first-order valence-corrected chi connectivity index (χ1v) is 12.1. The number of nitrogens with zero attached hydrogens (tertiary/aromatic N) is 4. The normalized spacial score (nSPS) is 14.4. The molecule has 1 aromatic carbocycles. The van der Waals surface area contributed by atoms with E-state index in [1.807, 2.05) is 35.9 Å². The van der Waals surface area contributed by atoms with E-state index in [1.165, 1.54) is 25.5 Å². The summed E-state index contributed by atoms with van der Waals surface area (Å²) in [6, 6.07) is 10.9. The zero-order valence-electron chi connectivity index (χ0n) is 19.1. The number of nitrogens with one attached hydrogen (secondary N) is 2. The largest absolute Gasteiger partial charge is 0.459 e. The molecule has 1 amide bonds. The number of anilines is 1. The predicted molar refractivity (Wildman–Crippen MR) is 132 cm³/mol. The number of rotatable bonds is 7. The Labute approximate surface area is 202 Å². The van der Waals surface area contributed by atoms with E-state index < -0.39 is 0 Å². The van der Waals surface area contributed by atoms with Gasteiger partial charge in [0.15, 0.2) is 11.4 Å². The molecule has 1 fully saturated rings. The Morgan fingerprint density at radius 2 is 2.00 bits per heavy atom. The van der Waals surface area contributed by atoms with Gasteiger partial charge in [-0.3, -0.25) is 4.79 Å². The maximum absolute atomic E-state index is 12.1. The summed E-state index contributed by atoms with van der Waals surface area (Å²) in [6.07, 6.45) is 7.32. The Hall–Kier alpha value is -3.39. The van der Waals surface area contributed by atoms with E-state index in [1.54, 1.807) is 12.1 Å². The molecule has 0 spiro atoms. The second-order valence-corrected chi connectivity index (χ2v) is 9.04. The van der Waals surface area contributed by atoms with Crippen LogP contribution in [-0.2, 0) is 0 Å². The van der Waals surface area contributed by atoms with Crippen molar-refractivity contribution in [1.82, 2.24) is 25.1 Å². The number of fused-ring (bicyclic) bond motifs is 1. The lowest BCUT2D eigenvalue weighted by Gasteiger charge is -2.21. The number of halogens is 1. The maximum atomic E-state index is 12.1. The highest BCUT2D eigenvalue weighted by Gasteiger charge is 2.23. The molecule has 9 heteroatoms. The minimum absolute atomic E-state index is 0.243. The number of aromatic nitrogens is 4. The molecule has 5 rings (SSSR count). The number of benzene rings is 1. The quantitative estimate of drug-likeness (QED) is 0.351. The summed E-state index contributed by atoms with van der Waals surface area (Å²) >= 11 is 6.26. The minimum Gasteiger partial charge on any atom is -0.459 e. The van der Waals surface area contributed by atoms with Gasteiger partial charge in [-0.05, 0) is 50.1 Å². The first-order valence-electron chi connectivity index (χ1n) is 11.7. The molecule has 0 unspecified atom stereocenters. The van der Waals surface area contributed by atoms with Gasteiger partial charge < -0.3 is 15.1 Å². The highest BCUT2D eigenvalue weighted by molar-refractivity contribution is 6.30. The Kier molecular flexibility index (Phi) is 6.49. The summed E-state index contributed by atoms with van der Waals surface area (Å²) in [7, 11) is 0. The summed E-state index contributed by atoms with van der Waals surface area (Å²) in [5.41, 5.74) is 2.44. The maximum Gasteiger partial charge on any atom is 0.287 e. The van der Waals surface area contributed by atoms with Gasteiger partial charge in [0.1, 0.15) is 11.6 Å². The number of hydrogen-bond donors (Lipinski definition) is 2. The smallest absolute Gasteiger partial charge is 0.287 e. The van der Waals surface area contributed by atoms with Crippen LogP contribution in [0.25, 0.3) is 16.7 Å².